The minimum Gasteiger partial charge on any atom is -0.546 e. The molecule has 0 radical (unpaired) electrons. The van der Waals surface area contributed by atoms with Crippen LogP contribution in [-0.2, 0) is 14.4 Å². The van der Waals surface area contributed by atoms with Gasteiger partial charge in [-0.05, 0) is 54.3 Å². The summed E-state index contributed by atoms with van der Waals surface area (Å²) in [6.45, 7) is 2.58. The Morgan fingerprint density at radius 1 is 1.28 bits per heavy atom. The van der Waals surface area contributed by atoms with Crippen molar-refractivity contribution >= 4 is 40.9 Å². The number of carbonyl (C=O) groups excluding carboxylic acids is 4. The van der Waals surface area contributed by atoms with Crippen molar-refractivity contribution in [1.29, 1.82) is 0 Å². The van der Waals surface area contributed by atoms with Gasteiger partial charge in [0.2, 0.25) is 5.91 Å². The number of benzene rings is 1. The van der Waals surface area contributed by atoms with Gasteiger partial charge < -0.3 is 19.5 Å². The van der Waals surface area contributed by atoms with Crippen LogP contribution >= 0.6 is 11.8 Å². The number of carbonyl (C=O) groups is 4. The summed E-state index contributed by atoms with van der Waals surface area (Å²) < 4.78 is 5.06. The summed E-state index contributed by atoms with van der Waals surface area (Å²) in [6, 6.07) is 6.46. The van der Waals surface area contributed by atoms with Gasteiger partial charge in [-0.25, -0.2) is 0 Å². The second kappa shape index (κ2) is 9.13. The van der Waals surface area contributed by atoms with Crippen LogP contribution in [-0.4, -0.2) is 59.1 Å². The second-order valence-electron chi connectivity index (χ2n) is 7.06. The number of ether oxygens (including phenoxy) is 1. The Morgan fingerprint density at radius 3 is 2.69 bits per heavy atom. The van der Waals surface area contributed by atoms with Crippen LogP contribution in [0.25, 0.3) is 6.08 Å². The Balaban J connectivity index is 1.66. The maximum absolute atomic E-state index is 12.6. The van der Waals surface area contributed by atoms with E-state index in [1.807, 2.05) is 0 Å². The molecule has 0 atom stereocenters. The van der Waals surface area contributed by atoms with Gasteiger partial charge in [-0.1, -0.05) is 19.1 Å². The maximum Gasteiger partial charge on any atom is 0.294 e. The number of imide groups is 1. The Kier molecular flexibility index (Phi) is 6.58. The Hall–Kier alpha value is -2.81. The Morgan fingerprint density at radius 2 is 2.00 bits per heavy atom. The SMILES string of the molecule is CC1CCN(C(=O)CN2C(=O)S/C(=C/c3cccc(OCC(=O)[O-])c3)C2=O)CC1. The van der Waals surface area contributed by atoms with Crippen LogP contribution in [0.1, 0.15) is 25.3 Å². The molecule has 29 heavy (non-hydrogen) atoms. The fraction of sp³-hybridized carbons (Fsp3) is 0.400. The van der Waals surface area contributed by atoms with E-state index < -0.39 is 23.7 Å². The predicted octanol–water partition coefficient (Wildman–Crippen LogP) is 1.11. The van der Waals surface area contributed by atoms with E-state index in [0.29, 0.717) is 30.3 Å². The summed E-state index contributed by atoms with van der Waals surface area (Å²) in [5, 5.41) is 10.0. The molecule has 0 N–H and O–H groups in total. The van der Waals surface area contributed by atoms with Crippen molar-refractivity contribution in [3.8, 4) is 5.75 Å². The molecule has 3 amide bonds. The number of amides is 3. The highest BCUT2D eigenvalue weighted by Gasteiger charge is 2.37. The Bertz CT molecular complexity index is 860. The smallest absolute Gasteiger partial charge is 0.294 e. The molecule has 2 saturated heterocycles. The topological polar surface area (TPSA) is 107 Å². The zero-order valence-corrected chi connectivity index (χ0v) is 16.8. The second-order valence-corrected chi connectivity index (χ2v) is 8.06. The van der Waals surface area contributed by atoms with E-state index in [2.05, 4.69) is 6.92 Å². The number of nitrogens with zero attached hydrogens (tertiary/aromatic N) is 2. The van der Waals surface area contributed by atoms with Crippen molar-refractivity contribution in [2.45, 2.75) is 19.8 Å². The minimum atomic E-state index is -1.34. The average molecular weight is 417 g/mol. The minimum absolute atomic E-state index is 0.201. The number of hydrogen-bond acceptors (Lipinski definition) is 7. The largest absolute Gasteiger partial charge is 0.546 e. The van der Waals surface area contributed by atoms with Crippen LogP contribution in [0.15, 0.2) is 29.2 Å². The number of carboxylic acids is 1. The van der Waals surface area contributed by atoms with Crippen LogP contribution < -0.4 is 9.84 Å². The third-order valence-electron chi connectivity index (χ3n) is 4.82. The van der Waals surface area contributed by atoms with E-state index in [1.165, 1.54) is 6.08 Å². The molecule has 0 bridgehead atoms. The molecule has 0 spiro atoms. The highest BCUT2D eigenvalue weighted by molar-refractivity contribution is 8.18. The van der Waals surface area contributed by atoms with E-state index in [0.717, 1.165) is 29.5 Å². The molecular formula is C20H21N2O6S-. The molecule has 3 rings (SSSR count). The average Bonchev–Trinajstić information content (AvgIpc) is 2.94. The number of likely N-dealkylation sites (tertiary alicyclic amines) is 1. The molecule has 0 unspecified atom stereocenters. The zero-order valence-electron chi connectivity index (χ0n) is 16.0. The highest BCUT2D eigenvalue weighted by Crippen LogP contribution is 2.32. The molecule has 2 aliphatic rings. The van der Waals surface area contributed by atoms with Gasteiger partial charge >= 0.3 is 0 Å². The first-order valence-corrected chi connectivity index (χ1v) is 10.1. The fourth-order valence-corrected chi connectivity index (χ4v) is 3.96. The van der Waals surface area contributed by atoms with Crippen molar-refractivity contribution in [3.05, 3.63) is 34.7 Å². The number of piperidine rings is 1. The standard InChI is InChI=1S/C20H22N2O6S/c1-13-5-7-21(8-6-13)17(23)11-22-19(26)16(29-20(22)27)10-14-3-2-4-15(9-14)28-12-18(24)25/h2-4,9-10,13H,5-8,11-12H2,1H3,(H,24,25)/p-1/b16-10+. The summed E-state index contributed by atoms with van der Waals surface area (Å²) in [5.41, 5.74) is 0.572. The van der Waals surface area contributed by atoms with Crippen LogP contribution in [0.4, 0.5) is 4.79 Å². The lowest BCUT2D eigenvalue weighted by Gasteiger charge is -2.31. The van der Waals surface area contributed by atoms with Crippen molar-refractivity contribution in [3.63, 3.8) is 0 Å². The van der Waals surface area contributed by atoms with E-state index in [-0.39, 0.29) is 17.4 Å². The van der Waals surface area contributed by atoms with E-state index in [9.17, 15) is 24.3 Å². The Labute approximate surface area is 172 Å². The van der Waals surface area contributed by atoms with Gasteiger partial charge in [0.15, 0.2) is 0 Å². The van der Waals surface area contributed by atoms with Crippen molar-refractivity contribution in [2.75, 3.05) is 26.2 Å². The van der Waals surface area contributed by atoms with Gasteiger partial charge in [-0.2, -0.15) is 0 Å². The quantitative estimate of drug-likeness (QED) is 0.638. The molecule has 2 fully saturated rings. The molecule has 154 valence electrons. The monoisotopic (exact) mass is 417 g/mol. The summed E-state index contributed by atoms with van der Waals surface area (Å²) in [4.78, 5) is 50.7. The lowest BCUT2D eigenvalue weighted by molar-refractivity contribution is -0.307. The first-order valence-electron chi connectivity index (χ1n) is 9.29. The van der Waals surface area contributed by atoms with E-state index in [1.54, 1.807) is 29.2 Å². The molecule has 1 aromatic carbocycles. The van der Waals surface area contributed by atoms with E-state index >= 15 is 0 Å². The molecule has 0 aromatic heterocycles. The molecule has 2 heterocycles. The van der Waals surface area contributed by atoms with Gasteiger partial charge in [0.05, 0.1) is 10.9 Å². The lowest BCUT2D eigenvalue weighted by Crippen LogP contribution is -2.45. The lowest BCUT2D eigenvalue weighted by atomic mass is 9.99. The van der Waals surface area contributed by atoms with E-state index in [4.69, 9.17) is 4.74 Å². The predicted molar refractivity (Wildman–Crippen MR) is 105 cm³/mol. The van der Waals surface area contributed by atoms with Crippen LogP contribution in [0.2, 0.25) is 0 Å². The number of hydrogen-bond donors (Lipinski definition) is 0. The van der Waals surface area contributed by atoms with Gasteiger partial charge in [0, 0.05) is 13.1 Å². The molecule has 2 aliphatic heterocycles. The third-order valence-corrected chi connectivity index (χ3v) is 5.72. The van der Waals surface area contributed by atoms with Crippen LogP contribution in [0, 0.1) is 5.92 Å². The molecular weight excluding hydrogens is 396 g/mol. The van der Waals surface area contributed by atoms with Crippen molar-refractivity contribution in [2.24, 2.45) is 5.92 Å². The van der Waals surface area contributed by atoms with Crippen LogP contribution in [0.5, 0.6) is 5.75 Å². The fourth-order valence-electron chi connectivity index (χ4n) is 3.12. The first-order chi connectivity index (χ1) is 13.8. The normalized spacial score (nSPS) is 19.1. The number of carboxylic acid groups (broad SMARTS) is 1. The summed E-state index contributed by atoms with van der Waals surface area (Å²) >= 11 is 0.773. The number of thioether (sulfide) groups is 1. The van der Waals surface area contributed by atoms with Gasteiger partial charge in [0.1, 0.15) is 18.9 Å². The highest BCUT2D eigenvalue weighted by atomic mass is 32.2. The molecule has 8 nitrogen and oxygen atoms in total. The van der Waals surface area contributed by atoms with Crippen molar-refractivity contribution < 1.29 is 29.0 Å². The summed E-state index contributed by atoms with van der Waals surface area (Å²) in [6.07, 6.45) is 3.36. The van der Waals surface area contributed by atoms with Crippen LogP contribution in [0.3, 0.4) is 0 Å². The molecule has 9 heteroatoms. The van der Waals surface area contributed by atoms with Gasteiger partial charge in [-0.15, -0.1) is 0 Å². The summed E-state index contributed by atoms with van der Waals surface area (Å²) in [5.74, 6) is -1.20. The first kappa shape index (κ1) is 20.9. The third kappa shape index (κ3) is 5.38. The van der Waals surface area contributed by atoms with Gasteiger partial charge in [0.25, 0.3) is 11.1 Å². The molecule has 0 saturated carbocycles. The zero-order chi connectivity index (χ0) is 21.0. The number of rotatable bonds is 6. The number of aliphatic carboxylic acids is 1. The van der Waals surface area contributed by atoms with Gasteiger partial charge in [-0.3, -0.25) is 19.3 Å². The molecule has 1 aromatic rings. The summed E-state index contributed by atoms with van der Waals surface area (Å²) in [7, 11) is 0. The van der Waals surface area contributed by atoms with Crippen molar-refractivity contribution in [1.82, 2.24) is 9.80 Å². The maximum atomic E-state index is 12.6. The molecule has 0 aliphatic carbocycles.